The summed E-state index contributed by atoms with van der Waals surface area (Å²) in [5.74, 6) is -0.219. The Morgan fingerprint density at radius 1 is 1.28 bits per heavy atom. The standard InChI is InChI=1S/C14H18FN3/c1-4-18-13(7-11(3)17-18)9-16-14-8-12(15)6-5-10(14)2/h5-8,16H,4,9H2,1-3H3. The number of nitrogens with one attached hydrogen (secondary N) is 1. The predicted octanol–water partition coefficient (Wildman–Crippen LogP) is 3.27. The molecule has 96 valence electrons. The molecule has 18 heavy (non-hydrogen) atoms. The van der Waals surface area contributed by atoms with E-state index in [0.717, 1.165) is 29.2 Å². The second-order valence-corrected chi connectivity index (χ2v) is 4.41. The highest BCUT2D eigenvalue weighted by molar-refractivity contribution is 5.50. The molecule has 0 bridgehead atoms. The van der Waals surface area contributed by atoms with Crippen molar-refractivity contribution in [2.24, 2.45) is 0 Å². The first-order chi connectivity index (χ1) is 8.60. The Morgan fingerprint density at radius 2 is 2.06 bits per heavy atom. The van der Waals surface area contributed by atoms with Crippen LogP contribution < -0.4 is 5.32 Å². The molecule has 1 aromatic heterocycles. The molecule has 0 unspecified atom stereocenters. The third-order valence-corrected chi connectivity index (χ3v) is 2.94. The van der Waals surface area contributed by atoms with E-state index in [1.165, 1.54) is 12.1 Å². The van der Waals surface area contributed by atoms with Crippen molar-refractivity contribution in [3.05, 3.63) is 47.0 Å². The molecule has 0 radical (unpaired) electrons. The second kappa shape index (κ2) is 5.21. The normalized spacial score (nSPS) is 10.7. The molecule has 0 fully saturated rings. The summed E-state index contributed by atoms with van der Waals surface area (Å²) < 4.78 is 15.1. The highest BCUT2D eigenvalue weighted by atomic mass is 19.1. The topological polar surface area (TPSA) is 29.9 Å². The van der Waals surface area contributed by atoms with E-state index < -0.39 is 0 Å². The summed E-state index contributed by atoms with van der Waals surface area (Å²) in [4.78, 5) is 0. The first-order valence-corrected chi connectivity index (χ1v) is 6.13. The van der Waals surface area contributed by atoms with Crippen LogP contribution >= 0.6 is 0 Å². The van der Waals surface area contributed by atoms with Gasteiger partial charge >= 0.3 is 0 Å². The molecule has 0 aliphatic carbocycles. The zero-order valence-corrected chi connectivity index (χ0v) is 11.0. The van der Waals surface area contributed by atoms with Crippen molar-refractivity contribution in [2.45, 2.75) is 33.9 Å². The van der Waals surface area contributed by atoms with Crippen LogP contribution in [0.4, 0.5) is 10.1 Å². The Bertz CT molecular complexity index is 546. The van der Waals surface area contributed by atoms with Crippen molar-refractivity contribution >= 4 is 5.69 Å². The summed E-state index contributed by atoms with van der Waals surface area (Å²) in [5.41, 5.74) is 3.98. The SMILES string of the molecule is CCn1nc(C)cc1CNc1cc(F)ccc1C. The molecule has 0 saturated heterocycles. The van der Waals surface area contributed by atoms with E-state index in [1.807, 2.05) is 24.6 Å². The van der Waals surface area contributed by atoms with E-state index in [-0.39, 0.29) is 5.82 Å². The van der Waals surface area contributed by atoms with Crippen LogP contribution in [-0.4, -0.2) is 9.78 Å². The summed E-state index contributed by atoms with van der Waals surface area (Å²) >= 11 is 0. The average molecular weight is 247 g/mol. The van der Waals surface area contributed by atoms with Crippen molar-refractivity contribution in [1.82, 2.24) is 9.78 Å². The Balaban J connectivity index is 2.13. The van der Waals surface area contributed by atoms with Gasteiger partial charge in [-0.15, -0.1) is 0 Å². The van der Waals surface area contributed by atoms with Gasteiger partial charge in [-0.1, -0.05) is 6.07 Å². The van der Waals surface area contributed by atoms with Crippen LogP contribution in [0.2, 0.25) is 0 Å². The molecule has 0 aliphatic heterocycles. The number of anilines is 1. The lowest BCUT2D eigenvalue weighted by Crippen LogP contribution is -2.08. The molecule has 1 N–H and O–H groups in total. The smallest absolute Gasteiger partial charge is 0.125 e. The first-order valence-electron chi connectivity index (χ1n) is 6.13. The molecule has 0 atom stereocenters. The summed E-state index contributed by atoms with van der Waals surface area (Å²) in [6.45, 7) is 7.49. The van der Waals surface area contributed by atoms with Crippen LogP contribution in [0.25, 0.3) is 0 Å². The quantitative estimate of drug-likeness (QED) is 0.898. The van der Waals surface area contributed by atoms with Gasteiger partial charge in [0.1, 0.15) is 5.82 Å². The molecule has 0 amide bonds. The number of halogens is 1. The van der Waals surface area contributed by atoms with Crippen molar-refractivity contribution in [1.29, 1.82) is 0 Å². The minimum Gasteiger partial charge on any atom is -0.379 e. The van der Waals surface area contributed by atoms with Crippen molar-refractivity contribution < 1.29 is 4.39 Å². The zero-order chi connectivity index (χ0) is 13.1. The molecule has 1 aromatic carbocycles. The summed E-state index contributed by atoms with van der Waals surface area (Å²) in [6, 6.07) is 6.82. The van der Waals surface area contributed by atoms with E-state index in [4.69, 9.17) is 0 Å². The van der Waals surface area contributed by atoms with Gasteiger partial charge in [0, 0.05) is 12.2 Å². The number of benzene rings is 1. The highest BCUT2D eigenvalue weighted by Gasteiger charge is 2.05. The number of aryl methyl sites for hydroxylation is 3. The molecule has 2 aromatic rings. The fraction of sp³-hybridized carbons (Fsp3) is 0.357. The monoisotopic (exact) mass is 247 g/mol. The van der Waals surface area contributed by atoms with Crippen molar-refractivity contribution in [2.75, 3.05) is 5.32 Å². The van der Waals surface area contributed by atoms with Crippen LogP contribution in [0.15, 0.2) is 24.3 Å². The van der Waals surface area contributed by atoms with E-state index in [1.54, 1.807) is 6.07 Å². The molecule has 4 heteroatoms. The van der Waals surface area contributed by atoms with E-state index in [0.29, 0.717) is 6.54 Å². The maximum Gasteiger partial charge on any atom is 0.125 e. The predicted molar refractivity (Wildman–Crippen MR) is 71.1 cm³/mol. The van der Waals surface area contributed by atoms with Crippen LogP contribution in [0.1, 0.15) is 23.9 Å². The van der Waals surface area contributed by atoms with Crippen molar-refractivity contribution in [3.8, 4) is 0 Å². The number of rotatable bonds is 4. The van der Waals surface area contributed by atoms with Gasteiger partial charge in [-0.3, -0.25) is 4.68 Å². The second-order valence-electron chi connectivity index (χ2n) is 4.41. The minimum atomic E-state index is -0.219. The third kappa shape index (κ3) is 2.70. The molecule has 3 nitrogen and oxygen atoms in total. The lowest BCUT2D eigenvalue weighted by atomic mass is 10.2. The lowest BCUT2D eigenvalue weighted by molar-refractivity contribution is 0.621. The van der Waals surface area contributed by atoms with Crippen molar-refractivity contribution in [3.63, 3.8) is 0 Å². The summed E-state index contributed by atoms with van der Waals surface area (Å²) in [6.07, 6.45) is 0. The van der Waals surface area contributed by atoms with Crippen LogP contribution in [0.3, 0.4) is 0 Å². The van der Waals surface area contributed by atoms with Crippen LogP contribution in [0, 0.1) is 19.7 Å². The fourth-order valence-electron chi connectivity index (χ4n) is 1.99. The third-order valence-electron chi connectivity index (χ3n) is 2.94. The van der Waals surface area contributed by atoms with E-state index in [2.05, 4.69) is 17.3 Å². The largest absolute Gasteiger partial charge is 0.379 e. The summed E-state index contributed by atoms with van der Waals surface area (Å²) in [7, 11) is 0. The van der Waals surface area contributed by atoms with Gasteiger partial charge in [0.2, 0.25) is 0 Å². The molecule has 0 saturated carbocycles. The Morgan fingerprint density at radius 3 is 2.78 bits per heavy atom. The zero-order valence-electron chi connectivity index (χ0n) is 11.0. The molecule has 2 rings (SSSR count). The Labute approximate surface area is 107 Å². The fourth-order valence-corrected chi connectivity index (χ4v) is 1.99. The van der Waals surface area contributed by atoms with Crippen LogP contribution in [-0.2, 0) is 13.1 Å². The minimum absolute atomic E-state index is 0.219. The van der Waals surface area contributed by atoms with Gasteiger partial charge in [-0.2, -0.15) is 5.10 Å². The van der Waals surface area contributed by atoms with Gasteiger partial charge in [0.05, 0.1) is 17.9 Å². The summed E-state index contributed by atoms with van der Waals surface area (Å²) in [5, 5.41) is 7.64. The molecule has 0 spiro atoms. The van der Waals surface area contributed by atoms with Gasteiger partial charge in [0.25, 0.3) is 0 Å². The maximum absolute atomic E-state index is 13.2. The number of hydrogen-bond donors (Lipinski definition) is 1. The average Bonchev–Trinajstić information content (AvgIpc) is 2.71. The van der Waals surface area contributed by atoms with E-state index in [9.17, 15) is 4.39 Å². The van der Waals surface area contributed by atoms with Gasteiger partial charge in [-0.05, 0) is 44.5 Å². The molecular weight excluding hydrogens is 229 g/mol. The van der Waals surface area contributed by atoms with Crippen LogP contribution in [0.5, 0.6) is 0 Å². The Hall–Kier alpha value is -1.84. The number of nitrogens with zero attached hydrogens (tertiary/aromatic N) is 2. The maximum atomic E-state index is 13.2. The molecular formula is C14H18FN3. The Kier molecular flexibility index (Phi) is 3.65. The number of hydrogen-bond acceptors (Lipinski definition) is 2. The van der Waals surface area contributed by atoms with E-state index >= 15 is 0 Å². The number of aromatic nitrogens is 2. The lowest BCUT2D eigenvalue weighted by Gasteiger charge is -2.10. The first kappa shape index (κ1) is 12.6. The van der Waals surface area contributed by atoms with Gasteiger partial charge in [-0.25, -0.2) is 4.39 Å². The highest BCUT2D eigenvalue weighted by Crippen LogP contribution is 2.17. The van der Waals surface area contributed by atoms with Gasteiger partial charge in [0.15, 0.2) is 0 Å². The molecule has 1 heterocycles. The van der Waals surface area contributed by atoms with Gasteiger partial charge < -0.3 is 5.32 Å². The molecule has 0 aliphatic rings.